The second kappa shape index (κ2) is 3.31. The third-order valence-electron chi connectivity index (χ3n) is 1.64. The number of methoxy groups -OCH3 is 2. The summed E-state index contributed by atoms with van der Waals surface area (Å²) in [5.41, 5.74) is 5.08. The van der Waals surface area contributed by atoms with Crippen molar-refractivity contribution < 1.29 is 9.47 Å². The molecule has 0 saturated heterocycles. The van der Waals surface area contributed by atoms with E-state index in [2.05, 4.69) is 0 Å². The molecule has 9 heavy (non-hydrogen) atoms. The predicted molar refractivity (Wildman–Crippen MR) is 40.3 cm³/mol. The molecule has 1 atom stereocenters. The molecule has 0 rings (SSSR count). The molecule has 1 unspecified atom stereocenters. The zero-order chi connectivity index (χ0) is 7.49. The predicted octanol–water partition coefficient (Wildman–Crippen LogP) is -1.35. The van der Waals surface area contributed by atoms with Gasteiger partial charge in [0.05, 0.1) is 16.3 Å². The standard InChI is InChI=1S/C5H15NO2Si/c1-4(6)5(9,7-2)8-3/h4H,6H2,1-3,9H3. The van der Waals surface area contributed by atoms with E-state index in [-0.39, 0.29) is 6.04 Å². The molecule has 0 aliphatic rings. The summed E-state index contributed by atoms with van der Waals surface area (Å²) in [7, 11) is 4.01. The summed E-state index contributed by atoms with van der Waals surface area (Å²) in [4.78, 5) is 0. The highest BCUT2D eigenvalue weighted by atomic mass is 28.1. The SMILES string of the molecule is COC([SiH3])(OC)C(C)N. The Labute approximate surface area is 58.9 Å². The molecule has 3 nitrogen and oxygen atoms in total. The van der Waals surface area contributed by atoms with Crippen molar-refractivity contribution in [3.63, 3.8) is 0 Å². The summed E-state index contributed by atoms with van der Waals surface area (Å²) in [6, 6.07) is -0.0563. The van der Waals surface area contributed by atoms with E-state index in [4.69, 9.17) is 15.2 Å². The van der Waals surface area contributed by atoms with Crippen LogP contribution in [0.15, 0.2) is 0 Å². The molecule has 0 aromatic rings. The first-order chi connectivity index (χ1) is 4.06. The maximum atomic E-state index is 5.58. The van der Waals surface area contributed by atoms with E-state index in [0.29, 0.717) is 0 Å². The molecule has 2 N–H and O–H groups in total. The number of hydrogen-bond acceptors (Lipinski definition) is 3. The largest absolute Gasteiger partial charge is 0.356 e. The Morgan fingerprint density at radius 3 is 1.78 bits per heavy atom. The van der Waals surface area contributed by atoms with Gasteiger partial charge in [-0.1, -0.05) is 0 Å². The molecule has 0 aromatic heterocycles. The normalized spacial score (nSPS) is 16.0. The van der Waals surface area contributed by atoms with Gasteiger partial charge >= 0.3 is 0 Å². The molecule has 0 aliphatic carbocycles. The molecule has 0 aliphatic heterocycles. The first-order valence-corrected chi connectivity index (χ1v) is 3.92. The van der Waals surface area contributed by atoms with Gasteiger partial charge in [-0.3, -0.25) is 0 Å². The minimum absolute atomic E-state index is 0.0563. The molecule has 4 heteroatoms. The van der Waals surface area contributed by atoms with Crippen molar-refractivity contribution in [2.24, 2.45) is 5.73 Å². The van der Waals surface area contributed by atoms with Crippen molar-refractivity contribution >= 4 is 10.2 Å². The maximum Gasteiger partial charge on any atom is 0.154 e. The van der Waals surface area contributed by atoms with Gasteiger partial charge in [0.25, 0.3) is 0 Å². The topological polar surface area (TPSA) is 44.5 Å². The van der Waals surface area contributed by atoms with Crippen LogP contribution < -0.4 is 5.73 Å². The average molecular weight is 149 g/mol. The summed E-state index contributed by atoms with van der Waals surface area (Å²) in [6.07, 6.45) is 0. The van der Waals surface area contributed by atoms with Gasteiger partial charge in [-0.25, -0.2) is 0 Å². The third kappa shape index (κ3) is 2.06. The Morgan fingerprint density at radius 2 is 1.78 bits per heavy atom. The summed E-state index contributed by atoms with van der Waals surface area (Å²) >= 11 is 0. The van der Waals surface area contributed by atoms with Crippen molar-refractivity contribution in [1.29, 1.82) is 0 Å². The van der Waals surface area contributed by atoms with Gasteiger partial charge in [0.2, 0.25) is 0 Å². The van der Waals surface area contributed by atoms with Crippen LogP contribution in [0.1, 0.15) is 6.92 Å². The molecule has 0 amide bonds. The Kier molecular flexibility index (Phi) is 3.35. The van der Waals surface area contributed by atoms with Gasteiger partial charge in [-0.05, 0) is 6.92 Å². The van der Waals surface area contributed by atoms with Gasteiger partial charge in [0, 0.05) is 14.2 Å². The van der Waals surface area contributed by atoms with Crippen LogP contribution in [0.5, 0.6) is 0 Å². The van der Waals surface area contributed by atoms with Gasteiger partial charge in [-0.2, -0.15) is 0 Å². The molecule has 0 saturated carbocycles. The van der Waals surface area contributed by atoms with E-state index >= 15 is 0 Å². The first-order valence-electron chi connectivity index (χ1n) is 2.92. The van der Waals surface area contributed by atoms with Crippen LogP contribution in [-0.2, 0) is 9.47 Å². The van der Waals surface area contributed by atoms with Crippen LogP contribution >= 0.6 is 0 Å². The Bertz CT molecular complexity index is 83.0. The van der Waals surface area contributed by atoms with Crippen LogP contribution in [0.4, 0.5) is 0 Å². The fourth-order valence-corrected chi connectivity index (χ4v) is 0.455. The van der Waals surface area contributed by atoms with Crippen LogP contribution in [0, 0.1) is 0 Å². The van der Waals surface area contributed by atoms with E-state index < -0.39 is 5.41 Å². The van der Waals surface area contributed by atoms with Crippen molar-refractivity contribution in [1.82, 2.24) is 0 Å². The number of ether oxygens (including phenoxy) is 2. The lowest BCUT2D eigenvalue weighted by Gasteiger charge is -2.30. The smallest absolute Gasteiger partial charge is 0.154 e. The van der Waals surface area contributed by atoms with Gasteiger partial charge in [0.1, 0.15) is 0 Å². The zero-order valence-corrected chi connectivity index (χ0v) is 8.47. The fraction of sp³-hybridized carbons (Fsp3) is 1.00. The number of nitrogens with two attached hydrogens (primary N) is 1. The second-order valence-electron chi connectivity index (χ2n) is 2.21. The lowest BCUT2D eigenvalue weighted by atomic mass is 10.3. The highest BCUT2D eigenvalue weighted by molar-refractivity contribution is 6.13. The van der Waals surface area contributed by atoms with Crippen molar-refractivity contribution in [2.45, 2.75) is 18.4 Å². The number of rotatable bonds is 3. The Morgan fingerprint density at radius 1 is 1.44 bits per heavy atom. The van der Waals surface area contributed by atoms with Crippen LogP contribution in [0.2, 0.25) is 0 Å². The molecule has 0 heterocycles. The van der Waals surface area contributed by atoms with Gasteiger partial charge in [0.15, 0.2) is 5.41 Å². The quantitative estimate of drug-likeness (QED) is 0.398. The number of hydrogen-bond donors (Lipinski definition) is 1. The molecule has 0 bridgehead atoms. The minimum Gasteiger partial charge on any atom is -0.356 e. The summed E-state index contributed by atoms with van der Waals surface area (Å²) in [5.74, 6) is 0. The molecular formula is C5H15NO2Si. The van der Waals surface area contributed by atoms with Gasteiger partial charge in [-0.15, -0.1) is 0 Å². The van der Waals surface area contributed by atoms with Crippen molar-refractivity contribution in [3.8, 4) is 0 Å². The molecule has 0 aromatic carbocycles. The van der Waals surface area contributed by atoms with E-state index in [0.717, 1.165) is 10.2 Å². The molecule has 0 fully saturated rings. The summed E-state index contributed by atoms with van der Waals surface area (Å²) < 4.78 is 10.1. The van der Waals surface area contributed by atoms with E-state index in [1.807, 2.05) is 6.92 Å². The highest BCUT2D eigenvalue weighted by Crippen LogP contribution is 2.08. The maximum absolute atomic E-state index is 5.58. The van der Waals surface area contributed by atoms with Crippen LogP contribution in [0.25, 0.3) is 0 Å². The van der Waals surface area contributed by atoms with Gasteiger partial charge < -0.3 is 15.2 Å². The third-order valence-corrected chi connectivity index (χ3v) is 3.36. The average Bonchev–Trinajstić information content (AvgIpc) is 1.86. The second-order valence-corrected chi connectivity index (χ2v) is 3.61. The lowest BCUT2D eigenvalue weighted by Crippen LogP contribution is -2.49. The van der Waals surface area contributed by atoms with E-state index in [1.165, 1.54) is 0 Å². The highest BCUT2D eigenvalue weighted by Gasteiger charge is 2.26. The van der Waals surface area contributed by atoms with Crippen molar-refractivity contribution in [2.75, 3.05) is 14.2 Å². The monoisotopic (exact) mass is 149 g/mol. The van der Waals surface area contributed by atoms with E-state index in [1.54, 1.807) is 14.2 Å². The summed E-state index contributed by atoms with van der Waals surface area (Å²) in [5, 5.41) is 0. The first kappa shape index (κ1) is 9.10. The lowest BCUT2D eigenvalue weighted by molar-refractivity contribution is -0.152. The fourth-order valence-electron chi connectivity index (χ4n) is 0.455. The van der Waals surface area contributed by atoms with Crippen LogP contribution in [0.3, 0.4) is 0 Å². The minimum atomic E-state index is -0.500. The zero-order valence-electron chi connectivity index (χ0n) is 6.47. The molecule has 56 valence electrons. The van der Waals surface area contributed by atoms with Crippen molar-refractivity contribution in [3.05, 3.63) is 0 Å². The molecule has 0 radical (unpaired) electrons. The summed E-state index contributed by atoms with van der Waals surface area (Å²) in [6.45, 7) is 1.88. The van der Waals surface area contributed by atoms with E-state index in [9.17, 15) is 0 Å². The molecule has 0 spiro atoms. The Hall–Kier alpha value is 0.0969. The molecular weight excluding hydrogens is 134 g/mol. The Balaban J connectivity index is 3.92. The van der Waals surface area contributed by atoms with Crippen LogP contribution in [-0.4, -0.2) is 35.9 Å².